The summed E-state index contributed by atoms with van der Waals surface area (Å²) >= 11 is 0. The smallest absolute Gasteiger partial charge is 0.320 e. The van der Waals surface area contributed by atoms with Crippen molar-refractivity contribution in [2.45, 2.75) is 45.3 Å². The van der Waals surface area contributed by atoms with Crippen LogP contribution in [0.2, 0.25) is 18.1 Å². The Morgan fingerprint density at radius 2 is 1.48 bits per heavy atom. The molecule has 0 bridgehead atoms. The summed E-state index contributed by atoms with van der Waals surface area (Å²) in [7, 11) is 0.761. The molecule has 0 spiro atoms. The Hall–Kier alpha value is -1.14. The molecule has 0 aliphatic rings. The minimum Gasteiger partial charge on any atom is -0.468 e. The number of rotatable bonds is 9. The molecule has 0 saturated carbocycles. The van der Waals surface area contributed by atoms with E-state index >= 15 is 0 Å². The van der Waals surface area contributed by atoms with Crippen molar-refractivity contribution in [3.8, 4) is 0 Å². The SMILES string of the molecule is CC[Si](CC)(CC)/C(=C/CO)CC(C(=O)OC)C(=O)OC. The molecule has 0 unspecified atom stereocenters. The van der Waals surface area contributed by atoms with E-state index in [1.54, 1.807) is 6.08 Å². The summed E-state index contributed by atoms with van der Waals surface area (Å²) in [4.78, 5) is 23.7. The van der Waals surface area contributed by atoms with E-state index in [4.69, 9.17) is 9.47 Å². The monoisotopic (exact) mass is 316 g/mol. The lowest BCUT2D eigenvalue weighted by Crippen LogP contribution is -2.38. The van der Waals surface area contributed by atoms with E-state index in [1.165, 1.54) is 14.2 Å². The van der Waals surface area contributed by atoms with Crippen molar-refractivity contribution in [1.82, 2.24) is 0 Å². The Labute approximate surface area is 128 Å². The van der Waals surface area contributed by atoms with Crippen molar-refractivity contribution in [2.75, 3.05) is 20.8 Å². The fraction of sp³-hybridized carbons (Fsp3) is 0.733. The number of ether oxygens (including phenoxy) is 2. The van der Waals surface area contributed by atoms with Crippen LogP contribution in [0.15, 0.2) is 11.3 Å². The third kappa shape index (κ3) is 4.96. The zero-order valence-electron chi connectivity index (χ0n) is 13.8. The highest BCUT2D eigenvalue weighted by molar-refractivity contribution is 6.86. The average Bonchev–Trinajstić information content (AvgIpc) is 2.52. The third-order valence-corrected chi connectivity index (χ3v) is 10.3. The van der Waals surface area contributed by atoms with E-state index in [-0.39, 0.29) is 13.0 Å². The number of hydrogen-bond donors (Lipinski definition) is 1. The van der Waals surface area contributed by atoms with Gasteiger partial charge in [-0.1, -0.05) is 50.2 Å². The Bertz CT molecular complexity index is 350. The van der Waals surface area contributed by atoms with Gasteiger partial charge in [-0.25, -0.2) is 0 Å². The molecular weight excluding hydrogens is 288 g/mol. The predicted molar refractivity (Wildman–Crippen MR) is 84.5 cm³/mol. The van der Waals surface area contributed by atoms with Gasteiger partial charge in [0.25, 0.3) is 0 Å². The minimum absolute atomic E-state index is 0.0842. The molecule has 0 amide bonds. The number of carbonyl (C=O) groups is 2. The lowest BCUT2D eigenvalue weighted by molar-refractivity contribution is -0.158. The fourth-order valence-electron chi connectivity index (χ4n) is 2.83. The van der Waals surface area contributed by atoms with Gasteiger partial charge in [-0.2, -0.15) is 0 Å². The molecule has 0 rings (SSSR count). The van der Waals surface area contributed by atoms with E-state index in [9.17, 15) is 14.7 Å². The van der Waals surface area contributed by atoms with E-state index in [0.29, 0.717) is 0 Å². The first-order chi connectivity index (χ1) is 9.95. The maximum Gasteiger partial charge on any atom is 0.320 e. The number of carbonyl (C=O) groups excluding carboxylic acids is 2. The normalized spacial score (nSPS) is 12.4. The fourth-order valence-corrected chi connectivity index (χ4v) is 6.85. The predicted octanol–water partition coefficient (Wildman–Crippen LogP) is 2.31. The van der Waals surface area contributed by atoms with Crippen LogP contribution in [0.4, 0.5) is 0 Å². The van der Waals surface area contributed by atoms with Crippen LogP contribution in [-0.4, -0.2) is 45.9 Å². The molecule has 0 aliphatic carbocycles. The Kier molecular flexibility index (Phi) is 9.20. The molecular formula is C15H28O5Si. The molecule has 0 heterocycles. The van der Waals surface area contributed by atoms with Crippen LogP contribution in [0.3, 0.4) is 0 Å². The van der Waals surface area contributed by atoms with Gasteiger partial charge in [0.05, 0.1) is 28.9 Å². The molecule has 6 heteroatoms. The first kappa shape index (κ1) is 19.9. The van der Waals surface area contributed by atoms with E-state index < -0.39 is 25.9 Å². The summed E-state index contributed by atoms with van der Waals surface area (Å²) in [5, 5.41) is 10.4. The molecule has 5 nitrogen and oxygen atoms in total. The van der Waals surface area contributed by atoms with Crippen molar-refractivity contribution >= 4 is 20.0 Å². The molecule has 0 atom stereocenters. The molecule has 0 fully saturated rings. The summed E-state index contributed by atoms with van der Waals surface area (Å²) in [5.41, 5.74) is 0. The van der Waals surface area contributed by atoms with Gasteiger partial charge in [-0.3, -0.25) is 9.59 Å². The van der Waals surface area contributed by atoms with Gasteiger partial charge in [-0.05, 0) is 6.42 Å². The topological polar surface area (TPSA) is 72.8 Å². The maximum absolute atomic E-state index is 11.8. The molecule has 0 aliphatic heterocycles. The van der Waals surface area contributed by atoms with Crippen molar-refractivity contribution in [3.05, 3.63) is 11.3 Å². The van der Waals surface area contributed by atoms with Gasteiger partial charge in [0.15, 0.2) is 5.92 Å². The molecule has 122 valence electrons. The van der Waals surface area contributed by atoms with Gasteiger partial charge < -0.3 is 14.6 Å². The van der Waals surface area contributed by atoms with Gasteiger partial charge in [-0.15, -0.1) is 0 Å². The highest BCUT2D eigenvalue weighted by Crippen LogP contribution is 2.33. The van der Waals surface area contributed by atoms with Crippen LogP contribution in [0.1, 0.15) is 27.2 Å². The third-order valence-electron chi connectivity index (χ3n) is 4.44. The van der Waals surface area contributed by atoms with Gasteiger partial charge in [0.2, 0.25) is 0 Å². The summed E-state index contributed by atoms with van der Waals surface area (Å²) < 4.78 is 9.43. The van der Waals surface area contributed by atoms with Crippen LogP contribution < -0.4 is 0 Å². The molecule has 21 heavy (non-hydrogen) atoms. The highest BCUT2D eigenvalue weighted by Gasteiger charge is 2.37. The lowest BCUT2D eigenvalue weighted by Gasteiger charge is -2.32. The first-order valence-electron chi connectivity index (χ1n) is 7.42. The highest BCUT2D eigenvalue weighted by atomic mass is 28.3. The molecule has 0 aromatic rings. The van der Waals surface area contributed by atoms with Crippen LogP contribution in [0.25, 0.3) is 0 Å². The molecule has 0 saturated heterocycles. The number of aliphatic hydroxyl groups is 1. The van der Waals surface area contributed by atoms with E-state index in [0.717, 1.165) is 23.3 Å². The van der Waals surface area contributed by atoms with Crippen LogP contribution in [-0.2, 0) is 19.1 Å². The van der Waals surface area contributed by atoms with Crippen molar-refractivity contribution in [1.29, 1.82) is 0 Å². The van der Waals surface area contributed by atoms with Gasteiger partial charge >= 0.3 is 11.9 Å². The van der Waals surface area contributed by atoms with Crippen LogP contribution in [0.5, 0.6) is 0 Å². The number of hydrogen-bond acceptors (Lipinski definition) is 5. The average molecular weight is 316 g/mol. The van der Waals surface area contributed by atoms with Gasteiger partial charge in [0.1, 0.15) is 0 Å². The van der Waals surface area contributed by atoms with E-state index in [1.807, 2.05) is 0 Å². The number of allylic oxidation sites excluding steroid dienone is 1. The molecule has 1 N–H and O–H groups in total. The van der Waals surface area contributed by atoms with Crippen molar-refractivity contribution in [3.63, 3.8) is 0 Å². The second-order valence-electron chi connectivity index (χ2n) is 5.06. The first-order valence-corrected chi connectivity index (χ1v) is 10.0. The second-order valence-corrected chi connectivity index (χ2v) is 10.4. The lowest BCUT2D eigenvalue weighted by atomic mass is 10.1. The van der Waals surface area contributed by atoms with Crippen molar-refractivity contribution < 1.29 is 24.2 Å². The zero-order valence-corrected chi connectivity index (χ0v) is 14.8. The van der Waals surface area contributed by atoms with Crippen molar-refractivity contribution in [2.24, 2.45) is 5.92 Å². The molecule has 0 aromatic carbocycles. The second kappa shape index (κ2) is 9.73. The number of esters is 2. The summed E-state index contributed by atoms with van der Waals surface area (Å²) in [6.45, 7) is 6.32. The Morgan fingerprint density at radius 3 is 1.76 bits per heavy atom. The molecule has 0 radical (unpaired) electrons. The number of aliphatic hydroxyl groups excluding tert-OH is 1. The minimum atomic E-state index is -1.76. The Balaban J connectivity index is 5.52. The quantitative estimate of drug-likeness (QED) is 0.401. The summed E-state index contributed by atoms with van der Waals surface area (Å²) in [6.07, 6.45) is 2.04. The van der Waals surface area contributed by atoms with Crippen LogP contribution in [0, 0.1) is 5.92 Å². The Morgan fingerprint density at radius 1 is 1.05 bits per heavy atom. The maximum atomic E-state index is 11.8. The largest absolute Gasteiger partial charge is 0.468 e. The standard InChI is InChI=1S/C15H28O5Si/c1-6-21(7-2,8-3)12(9-10-16)11-13(14(17)19-4)15(18)20-5/h9,13,16H,6-8,10-11H2,1-5H3/b12-9+. The van der Waals surface area contributed by atoms with Gasteiger partial charge in [0, 0.05) is 0 Å². The van der Waals surface area contributed by atoms with Crippen LogP contribution >= 0.6 is 0 Å². The summed E-state index contributed by atoms with van der Waals surface area (Å²) in [6, 6.07) is 3.04. The van der Waals surface area contributed by atoms with E-state index in [2.05, 4.69) is 20.8 Å². The summed E-state index contributed by atoms with van der Waals surface area (Å²) in [5.74, 6) is -2.12. The molecule has 0 aromatic heterocycles. The zero-order chi connectivity index (χ0) is 16.5. The number of methoxy groups -OCH3 is 2.